The molecule has 1 N–H and O–H groups in total. The van der Waals surface area contributed by atoms with E-state index in [9.17, 15) is 0 Å². The molecule has 3 aromatic carbocycles. The normalized spacial score (nSPS) is 11.0. The van der Waals surface area contributed by atoms with E-state index in [0.29, 0.717) is 0 Å². The highest BCUT2D eigenvalue weighted by molar-refractivity contribution is 14.1. The summed E-state index contributed by atoms with van der Waals surface area (Å²) in [5.74, 6) is 0.827. The number of aryl methyl sites for hydroxylation is 1. The molecule has 0 radical (unpaired) electrons. The van der Waals surface area contributed by atoms with Gasteiger partial charge in [-0.1, -0.05) is 24.3 Å². The van der Waals surface area contributed by atoms with Crippen molar-refractivity contribution in [2.45, 2.75) is 6.92 Å². The number of fused-ring (bicyclic) bond motifs is 1. The van der Waals surface area contributed by atoms with E-state index in [2.05, 4.69) is 111 Å². The predicted molar refractivity (Wildman–Crippen MR) is 121 cm³/mol. The van der Waals surface area contributed by atoms with Crippen LogP contribution >= 0.6 is 45.2 Å². The topological polar surface area (TPSA) is 29.9 Å². The van der Waals surface area contributed by atoms with Gasteiger partial charge in [0.05, 0.1) is 16.7 Å². The number of anilines is 2. The van der Waals surface area contributed by atoms with Crippen molar-refractivity contribution < 1.29 is 0 Å². The van der Waals surface area contributed by atoms with Gasteiger partial charge >= 0.3 is 0 Å². The number of para-hydroxylation sites is 1. The number of aromatic nitrogens is 2. The molecule has 4 rings (SSSR count). The van der Waals surface area contributed by atoms with E-state index in [-0.39, 0.29) is 0 Å². The Balaban J connectivity index is 1.97. The molecule has 0 saturated heterocycles. The summed E-state index contributed by atoms with van der Waals surface area (Å²) in [6, 6.07) is 23.0. The molecule has 5 heteroatoms. The van der Waals surface area contributed by atoms with Crippen LogP contribution in [0.5, 0.6) is 0 Å². The average Bonchev–Trinajstić information content (AvgIpc) is 2.95. The maximum absolute atomic E-state index is 4.84. The monoisotopic (exact) mass is 551 g/mol. The average molecular weight is 551 g/mol. The maximum atomic E-state index is 4.84. The smallest absolute Gasteiger partial charge is 0.213 e. The molecule has 4 aromatic rings. The molecule has 1 aromatic heterocycles. The first-order valence-electron chi connectivity index (χ1n) is 7.88. The van der Waals surface area contributed by atoms with E-state index >= 15 is 0 Å². The van der Waals surface area contributed by atoms with Crippen molar-refractivity contribution in [2.24, 2.45) is 0 Å². The van der Waals surface area contributed by atoms with Gasteiger partial charge in [0.1, 0.15) is 0 Å². The van der Waals surface area contributed by atoms with Crippen LogP contribution < -0.4 is 5.32 Å². The molecule has 0 bridgehead atoms. The van der Waals surface area contributed by atoms with Crippen LogP contribution in [-0.2, 0) is 0 Å². The molecule has 3 nitrogen and oxygen atoms in total. The SMILES string of the molecule is Cc1ccc(I)cc1-n1c(Nc2ccccc2)nc2ccc(I)cc21. The highest BCUT2D eigenvalue weighted by atomic mass is 127. The summed E-state index contributed by atoms with van der Waals surface area (Å²) in [6.07, 6.45) is 0. The Hall–Kier alpha value is -1.61. The van der Waals surface area contributed by atoms with Crippen molar-refractivity contribution in [3.63, 3.8) is 0 Å². The number of halogens is 2. The molecular formula is C20H15I2N3. The molecule has 0 aliphatic carbocycles. The predicted octanol–water partition coefficient (Wildman–Crippen LogP) is 6.29. The first-order valence-corrected chi connectivity index (χ1v) is 10.0. The van der Waals surface area contributed by atoms with Gasteiger partial charge in [-0.3, -0.25) is 4.57 Å². The lowest BCUT2D eigenvalue weighted by atomic mass is 10.2. The quantitative estimate of drug-likeness (QED) is 0.304. The third-order valence-electron chi connectivity index (χ3n) is 4.06. The Kier molecular flexibility index (Phi) is 4.68. The van der Waals surface area contributed by atoms with Gasteiger partial charge in [-0.25, -0.2) is 4.98 Å². The van der Waals surface area contributed by atoms with Crippen LogP contribution in [0.1, 0.15) is 5.56 Å². The van der Waals surface area contributed by atoms with E-state index in [1.807, 2.05) is 18.2 Å². The zero-order valence-electron chi connectivity index (χ0n) is 13.5. The number of hydrogen-bond acceptors (Lipinski definition) is 2. The summed E-state index contributed by atoms with van der Waals surface area (Å²) in [5.41, 5.74) is 5.48. The lowest BCUT2D eigenvalue weighted by molar-refractivity contribution is 1.08. The van der Waals surface area contributed by atoms with E-state index < -0.39 is 0 Å². The van der Waals surface area contributed by atoms with Crippen LogP contribution in [0, 0.1) is 14.1 Å². The Morgan fingerprint density at radius 3 is 2.40 bits per heavy atom. The molecule has 124 valence electrons. The van der Waals surface area contributed by atoms with Crippen molar-refractivity contribution >= 4 is 67.9 Å². The van der Waals surface area contributed by atoms with Crippen molar-refractivity contribution in [3.8, 4) is 5.69 Å². The van der Waals surface area contributed by atoms with Crippen LogP contribution in [0.15, 0.2) is 66.7 Å². The fourth-order valence-electron chi connectivity index (χ4n) is 2.85. The first-order chi connectivity index (χ1) is 12.1. The second-order valence-corrected chi connectivity index (χ2v) is 8.32. The molecule has 0 aliphatic rings. The number of rotatable bonds is 3. The van der Waals surface area contributed by atoms with Gasteiger partial charge in [-0.05, 0) is 100 Å². The van der Waals surface area contributed by atoms with Crippen LogP contribution in [0.3, 0.4) is 0 Å². The summed E-state index contributed by atoms with van der Waals surface area (Å²) in [6.45, 7) is 2.14. The van der Waals surface area contributed by atoms with E-state index in [1.165, 1.54) is 12.7 Å². The standard InChI is InChI=1S/C20H15I2N3/c1-13-7-8-14(21)11-18(13)25-19-12-15(22)9-10-17(19)24-20(25)23-16-5-3-2-4-6-16/h2-12H,1H3,(H,23,24). The molecule has 25 heavy (non-hydrogen) atoms. The zero-order chi connectivity index (χ0) is 17.4. The van der Waals surface area contributed by atoms with Gasteiger partial charge in [0, 0.05) is 12.8 Å². The lowest BCUT2D eigenvalue weighted by Gasteiger charge is -2.14. The fourth-order valence-corrected chi connectivity index (χ4v) is 3.80. The third kappa shape index (κ3) is 3.39. The lowest BCUT2D eigenvalue weighted by Crippen LogP contribution is -2.04. The Labute approximate surface area is 173 Å². The molecule has 0 unspecified atom stereocenters. The minimum absolute atomic E-state index is 0.827. The van der Waals surface area contributed by atoms with Gasteiger partial charge in [0.2, 0.25) is 5.95 Å². The highest BCUT2D eigenvalue weighted by Gasteiger charge is 2.15. The van der Waals surface area contributed by atoms with Gasteiger partial charge in [-0.2, -0.15) is 0 Å². The van der Waals surface area contributed by atoms with Crippen molar-refractivity contribution in [1.29, 1.82) is 0 Å². The molecule has 0 aliphatic heterocycles. The molecule has 0 fully saturated rings. The Morgan fingerprint density at radius 2 is 1.60 bits per heavy atom. The van der Waals surface area contributed by atoms with E-state index in [4.69, 9.17) is 4.98 Å². The van der Waals surface area contributed by atoms with Crippen molar-refractivity contribution in [3.05, 3.63) is 79.4 Å². The number of benzene rings is 3. The number of imidazole rings is 1. The minimum atomic E-state index is 0.827. The number of hydrogen-bond donors (Lipinski definition) is 1. The molecule has 1 heterocycles. The molecular weight excluding hydrogens is 536 g/mol. The van der Waals surface area contributed by atoms with E-state index in [1.54, 1.807) is 0 Å². The second kappa shape index (κ2) is 6.95. The van der Waals surface area contributed by atoms with Crippen LogP contribution in [0.25, 0.3) is 16.7 Å². The highest BCUT2D eigenvalue weighted by Crippen LogP contribution is 2.30. The summed E-state index contributed by atoms with van der Waals surface area (Å²) in [4.78, 5) is 4.84. The number of nitrogens with one attached hydrogen (secondary N) is 1. The van der Waals surface area contributed by atoms with Gasteiger partial charge in [-0.15, -0.1) is 0 Å². The first kappa shape index (κ1) is 16.8. The summed E-state index contributed by atoms with van der Waals surface area (Å²) in [5, 5.41) is 3.47. The minimum Gasteiger partial charge on any atom is -0.325 e. The van der Waals surface area contributed by atoms with Crippen LogP contribution in [0.2, 0.25) is 0 Å². The molecule has 0 saturated carbocycles. The molecule has 0 amide bonds. The third-order valence-corrected chi connectivity index (χ3v) is 5.40. The maximum Gasteiger partial charge on any atom is 0.213 e. The van der Waals surface area contributed by atoms with Gasteiger partial charge < -0.3 is 5.32 Å². The van der Waals surface area contributed by atoms with E-state index in [0.717, 1.165) is 28.4 Å². The van der Waals surface area contributed by atoms with Crippen molar-refractivity contribution in [2.75, 3.05) is 5.32 Å². The van der Waals surface area contributed by atoms with Gasteiger partial charge in [0.15, 0.2) is 0 Å². The Morgan fingerprint density at radius 1 is 0.880 bits per heavy atom. The summed E-state index contributed by atoms with van der Waals surface area (Å²) in [7, 11) is 0. The fraction of sp³-hybridized carbons (Fsp3) is 0.0500. The summed E-state index contributed by atoms with van der Waals surface area (Å²) < 4.78 is 4.61. The number of nitrogens with zero attached hydrogens (tertiary/aromatic N) is 2. The molecule has 0 atom stereocenters. The van der Waals surface area contributed by atoms with Gasteiger partial charge in [0.25, 0.3) is 0 Å². The summed E-state index contributed by atoms with van der Waals surface area (Å²) >= 11 is 4.71. The van der Waals surface area contributed by atoms with Crippen LogP contribution in [0.4, 0.5) is 11.6 Å². The Bertz CT molecular complexity index is 1060. The van der Waals surface area contributed by atoms with Crippen molar-refractivity contribution in [1.82, 2.24) is 9.55 Å². The zero-order valence-corrected chi connectivity index (χ0v) is 17.8. The largest absolute Gasteiger partial charge is 0.325 e. The molecule has 0 spiro atoms. The second-order valence-electron chi connectivity index (χ2n) is 5.83. The van der Waals surface area contributed by atoms with Crippen LogP contribution in [-0.4, -0.2) is 9.55 Å².